The van der Waals surface area contributed by atoms with Gasteiger partial charge in [0, 0.05) is 11.8 Å². The lowest BCUT2D eigenvalue weighted by molar-refractivity contribution is -0.137. The molecular weight excluding hydrogens is 385 g/mol. The van der Waals surface area contributed by atoms with E-state index in [0.29, 0.717) is 18.2 Å². The zero-order valence-electron chi connectivity index (χ0n) is 13.5. The zero-order valence-corrected chi connectivity index (χ0v) is 14.3. The van der Waals surface area contributed by atoms with Gasteiger partial charge in [0.05, 0.1) is 16.1 Å². The van der Waals surface area contributed by atoms with Gasteiger partial charge in [0.2, 0.25) is 5.78 Å². The molecule has 1 aromatic rings. The van der Waals surface area contributed by atoms with Gasteiger partial charge in [-0.2, -0.15) is 18.3 Å². The van der Waals surface area contributed by atoms with Crippen LogP contribution < -0.4 is 5.43 Å². The molecule has 0 spiro atoms. The fraction of sp³-hybridized carbons (Fsp3) is 0.176. The van der Waals surface area contributed by atoms with E-state index in [4.69, 9.17) is 0 Å². The van der Waals surface area contributed by atoms with E-state index < -0.39 is 44.1 Å². The van der Waals surface area contributed by atoms with E-state index in [1.54, 1.807) is 24.3 Å². The van der Waals surface area contributed by atoms with Crippen LogP contribution in [0.15, 0.2) is 64.7 Å². The molecule has 0 amide bonds. The average Bonchev–Trinajstić information content (AvgIpc) is 2.59. The minimum atomic E-state index is -5.06. The summed E-state index contributed by atoms with van der Waals surface area (Å²) in [7, 11) is -5.06. The van der Waals surface area contributed by atoms with E-state index in [1.165, 1.54) is 6.08 Å². The van der Waals surface area contributed by atoms with Gasteiger partial charge in [-0.15, -0.1) is 0 Å². The van der Waals surface area contributed by atoms with Crippen LogP contribution in [0.3, 0.4) is 0 Å². The highest BCUT2D eigenvalue weighted by atomic mass is 32.2. The number of carbonyl (C=O) groups excluding carboxylic acids is 1. The largest absolute Gasteiger partial charge is 0.744 e. The molecule has 142 valence electrons. The number of fused-ring (bicyclic) bond motifs is 1. The molecular formula is C17H12F3N2O4S-. The van der Waals surface area contributed by atoms with Gasteiger partial charge in [0.25, 0.3) is 0 Å². The van der Waals surface area contributed by atoms with Crippen LogP contribution in [0.1, 0.15) is 5.56 Å². The maximum Gasteiger partial charge on any atom is 0.416 e. The topological polar surface area (TPSA) is 98.7 Å². The van der Waals surface area contributed by atoms with Gasteiger partial charge in [0.1, 0.15) is 15.8 Å². The summed E-state index contributed by atoms with van der Waals surface area (Å²) >= 11 is 0. The number of allylic oxidation sites excluding steroid dienone is 6. The van der Waals surface area contributed by atoms with Crippen LogP contribution in [0.4, 0.5) is 18.9 Å². The zero-order chi connectivity index (χ0) is 19.8. The summed E-state index contributed by atoms with van der Waals surface area (Å²) in [6.45, 7) is 0. The highest BCUT2D eigenvalue weighted by molar-refractivity contribution is 7.86. The Morgan fingerprint density at radius 3 is 2.48 bits per heavy atom. The van der Waals surface area contributed by atoms with Crippen LogP contribution in [-0.2, 0) is 21.1 Å². The van der Waals surface area contributed by atoms with Crippen LogP contribution in [0.2, 0.25) is 0 Å². The average molecular weight is 397 g/mol. The molecule has 2 aliphatic carbocycles. The molecule has 0 heterocycles. The monoisotopic (exact) mass is 397 g/mol. The number of carbonyl (C=O) groups is 1. The van der Waals surface area contributed by atoms with Gasteiger partial charge in [-0.3, -0.25) is 10.2 Å². The highest BCUT2D eigenvalue weighted by Gasteiger charge is 2.32. The second kappa shape index (κ2) is 6.78. The fourth-order valence-electron chi connectivity index (χ4n) is 2.79. The number of alkyl halides is 3. The number of hydrogen-bond donors (Lipinski definition) is 1. The molecule has 27 heavy (non-hydrogen) atoms. The van der Waals surface area contributed by atoms with Gasteiger partial charge in [0.15, 0.2) is 0 Å². The molecule has 0 fully saturated rings. The van der Waals surface area contributed by atoms with Crippen molar-refractivity contribution < 1.29 is 30.9 Å². The number of anilines is 1. The summed E-state index contributed by atoms with van der Waals surface area (Å²) in [6.07, 6.45) is 5.19. The lowest BCUT2D eigenvalue weighted by Crippen LogP contribution is -2.31. The number of hydrazone groups is 1. The maximum atomic E-state index is 12.9. The molecule has 1 aromatic carbocycles. The first kappa shape index (κ1) is 19.1. The Hall–Kier alpha value is -2.72. The van der Waals surface area contributed by atoms with Gasteiger partial charge in [-0.25, -0.2) is 8.42 Å². The lowest BCUT2D eigenvalue weighted by Gasteiger charge is -2.25. The van der Waals surface area contributed by atoms with E-state index in [9.17, 15) is 30.9 Å². The Kier molecular flexibility index (Phi) is 4.79. The molecule has 2 unspecified atom stereocenters. The summed E-state index contributed by atoms with van der Waals surface area (Å²) < 4.78 is 72.7. The minimum Gasteiger partial charge on any atom is -0.744 e. The number of rotatable bonds is 3. The summed E-state index contributed by atoms with van der Waals surface area (Å²) in [5, 5.41) is 3.83. The number of benzene rings is 1. The van der Waals surface area contributed by atoms with Crippen molar-refractivity contribution in [3.05, 3.63) is 60.2 Å². The number of nitrogens with zero attached hydrogens (tertiary/aromatic N) is 1. The predicted octanol–water partition coefficient (Wildman–Crippen LogP) is 2.87. The molecule has 0 saturated carbocycles. The smallest absolute Gasteiger partial charge is 0.416 e. The maximum absolute atomic E-state index is 12.9. The summed E-state index contributed by atoms with van der Waals surface area (Å²) in [4.78, 5) is 11.2. The number of ketones is 1. The second-order valence-electron chi connectivity index (χ2n) is 5.87. The third-order valence-electron chi connectivity index (χ3n) is 4.09. The third kappa shape index (κ3) is 4.01. The van der Waals surface area contributed by atoms with E-state index in [0.717, 1.165) is 0 Å². The van der Waals surface area contributed by atoms with E-state index >= 15 is 0 Å². The van der Waals surface area contributed by atoms with Crippen molar-refractivity contribution in [3.8, 4) is 0 Å². The molecule has 2 aliphatic rings. The first-order valence-corrected chi connectivity index (χ1v) is 9.06. The van der Waals surface area contributed by atoms with Crippen molar-refractivity contribution in [1.82, 2.24) is 0 Å². The van der Waals surface area contributed by atoms with E-state index in [2.05, 4.69) is 10.5 Å². The lowest BCUT2D eigenvalue weighted by atomic mass is 9.79. The highest BCUT2D eigenvalue weighted by Crippen LogP contribution is 2.34. The van der Waals surface area contributed by atoms with Crippen molar-refractivity contribution >= 4 is 27.3 Å². The quantitative estimate of drug-likeness (QED) is 0.625. The first-order valence-electron chi connectivity index (χ1n) is 7.65. The fourth-order valence-corrected chi connectivity index (χ4v) is 3.40. The first-order chi connectivity index (χ1) is 12.6. The summed E-state index contributed by atoms with van der Waals surface area (Å²) in [6, 6.07) is 1.51. The van der Waals surface area contributed by atoms with Crippen molar-refractivity contribution in [3.63, 3.8) is 0 Å². The Morgan fingerprint density at radius 1 is 1.11 bits per heavy atom. The normalized spacial score (nSPS) is 23.6. The molecule has 6 nitrogen and oxygen atoms in total. The van der Waals surface area contributed by atoms with Crippen LogP contribution in [0.5, 0.6) is 0 Å². The number of hydrogen-bond acceptors (Lipinski definition) is 6. The molecule has 2 atom stereocenters. The van der Waals surface area contributed by atoms with Crippen LogP contribution >= 0.6 is 0 Å². The van der Waals surface area contributed by atoms with E-state index in [-0.39, 0.29) is 11.6 Å². The van der Waals surface area contributed by atoms with Gasteiger partial charge in [-0.05, 0) is 24.3 Å². The summed E-state index contributed by atoms with van der Waals surface area (Å²) in [5.74, 6) is -1.07. The predicted molar refractivity (Wildman–Crippen MR) is 89.9 cm³/mol. The SMILES string of the molecule is O=C1C=CC2C=CC=CC2/C1=N/Nc1cc(C(F)(F)F)ccc1S(=O)(=O)[O-]. The Bertz CT molecular complexity index is 1010. The molecule has 10 heteroatoms. The van der Waals surface area contributed by atoms with Gasteiger partial charge < -0.3 is 4.55 Å². The van der Waals surface area contributed by atoms with Crippen molar-refractivity contribution in [1.29, 1.82) is 0 Å². The minimum absolute atomic E-state index is 0.00485. The number of nitrogens with one attached hydrogen (secondary N) is 1. The standard InChI is InChI=1S/C17H13F3N2O4S/c18-17(19,20)11-6-8-15(27(24,25)26)13(9-11)21-22-16-12-4-2-1-3-10(12)5-7-14(16)23/h1-10,12,21H,(H,24,25,26)/p-1/b22-16-. The molecule has 0 aliphatic heterocycles. The Morgan fingerprint density at radius 2 is 1.81 bits per heavy atom. The molecule has 0 saturated heterocycles. The van der Waals surface area contributed by atoms with Crippen LogP contribution in [-0.4, -0.2) is 24.5 Å². The summed E-state index contributed by atoms with van der Waals surface area (Å²) in [5.41, 5.74) is 0.344. The molecule has 0 radical (unpaired) electrons. The molecule has 1 N–H and O–H groups in total. The molecule has 0 bridgehead atoms. The number of halogens is 3. The van der Waals surface area contributed by atoms with Crippen LogP contribution in [0.25, 0.3) is 0 Å². The molecule has 3 rings (SSSR count). The Labute approximate surface area is 152 Å². The van der Waals surface area contributed by atoms with Gasteiger partial charge >= 0.3 is 6.18 Å². The van der Waals surface area contributed by atoms with Crippen molar-refractivity contribution in [2.75, 3.05) is 5.43 Å². The second-order valence-corrected chi connectivity index (χ2v) is 7.22. The molecule has 0 aromatic heterocycles. The van der Waals surface area contributed by atoms with E-state index in [1.807, 2.05) is 6.08 Å². The van der Waals surface area contributed by atoms with Gasteiger partial charge in [-0.1, -0.05) is 30.4 Å². The van der Waals surface area contributed by atoms with Crippen LogP contribution in [0, 0.1) is 11.8 Å². The van der Waals surface area contributed by atoms with Crippen molar-refractivity contribution in [2.24, 2.45) is 16.9 Å². The third-order valence-corrected chi connectivity index (χ3v) is 4.98. The Balaban J connectivity index is 2.02. The van der Waals surface area contributed by atoms with Crippen molar-refractivity contribution in [2.45, 2.75) is 11.1 Å².